The maximum Gasteiger partial charge on any atom is 0.325 e. The fourth-order valence-corrected chi connectivity index (χ4v) is 4.08. The topological polar surface area (TPSA) is 78.5 Å². The molecule has 2 N–H and O–H groups in total. The molecule has 2 aromatic rings. The summed E-state index contributed by atoms with van der Waals surface area (Å²) in [7, 11) is 0. The van der Waals surface area contributed by atoms with Crippen molar-refractivity contribution in [1.82, 2.24) is 10.2 Å². The summed E-state index contributed by atoms with van der Waals surface area (Å²) >= 11 is 0. The maximum absolute atomic E-state index is 13.5. The largest absolute Gasteiger partial charge is 0.326 e. The number of hydrogen-bond acceptors (Lipinski definition) is 3. The van der Waals surface area contributed by atoms with E-state index in [0.717, 1.165) is 23.3 Å². The number of rotatable bonds is 5. The second-order valence-electron chi connectivity index (χ2n) is 7.57. The first-order chi connectivity index (χ1) is 14.0. The minimum absolute atomic E-state index is 0.0133. The minimum Gasteiger partial charge on any atom is -0.326 e. The van der Waals surface area contributed by atoms with Crippen molar-refractivity contribution in [2.75, 3.05) is 11.9 Å². The average molecular weight is 395 g/mol. The first-order valence-electron chi connectivity index (χ1n) is 9.77. The Bertz CT molecular complexity index is 969. The quantitative estimate of drug-likeness (QED) is 0.758. The third-order valence-corrected chi connectivity index (χ3v) is 5.57. The number of nitrogens with one attached hydrogen (secondary N) is 2. The van der Waals surface area contributed by atoms with Gasteiger partial charge in [0.2, 0.25) is 5.91 Å². The van der Waals surface area contributed by atoms with Crippen molar-refractivity contribution < 1.29 is 18.8 Å². The highest BCUT2D eigenvalue weighted by Gasteiger charge is 2.52. The Balaban J connectivity index is 1.37. The molecule has 0 unspecified atom stereocenters. The van der Waals surface area contributed by atoms with Crippen molar-refractivity contribution in [3.8, 4) is 11.1 Å². The summed E-state index contributed by atoms with van der Waals surface area (Å²) in [5.74, 6) is -0.846. The highest BCUT2D eigenvalue weighted by Crippen LogP contribution is 2.35. The van der Waals surface area contributed by atoms with Gasteiger partial charge < -0.3 is 10.6 Å². The van der Waals surface area contributed by atoms with Gasteiger partial charge in [0.05, 0.1) is 0 Å². The van der Waals surface area contributed by atoms with Crippen LogP contribution in [0.5, 0.6) is 0 Å². The van der Waals surface area contributed by atoms with Crippen LogP contribution in [0.25, 0.3) is 11.1 Å². The molecule has 1 saturated carbocycles. The molecule has 6 nitrogen and oxygen atoms in total. The van der Waals surface area contributed by atoms with E-state index in [0.29, 0.717) is 24.1 Å². The molecule has 7 heteroatoms. The van der Waals surface area contributed by atoms with Crippen LogP contribution in [0, 0.1) is 5.82 Å². The third-order valence-electron chi connectivity index (χ3n) is 5.57. The second kappa shape index (κ2) is 7.66. The zero-order chi connectivity index (χ0) is 20.4. The predicted molar refractivity (Wildman–Crippen MR) is 107 cm³/mol. The number of carbonyl (C=O) groups excluding carboxylic acids is 3. The third kappa shape index (κ3) is 3.85. The van der Waals surface area contributed by atoms with Crippen LogP contribution in [0.1, 0.15) is 32.1 Å². The number of nitrogens with zero attached hydrogens (tertiary/aromatic N) is 1. The van der Waals surface area contributed by atoms with Gasteiger partial charge in [0.25, 0.3) is 5.91 Å². The lowest BCUT2D eigenvalue weighted by Gasteiger charge is -2.19. The summed E-state index contributed by atoms with van der Waals surface area (Å²) < 4.78 is 13.5. The molecule has 29 heavy (non-hydrogen) atoms. The molecule has 1 aliphatic heterocycles. The van der Waals surface area contributed by atoms with Gasteiger partial charge >= 0.3 is 6.03 Å². The van der Waals surface area contributed by atoms with E-state index in [-0.39, 0.29) is 30.6 Å². The number of imide groups is 1. The molecule has 4 amide bonds. The number of anilines is 1. The van der Waals surface area contributed by atoms with Crippen LogP contribution < -0.4 is 10.6 Å². The van der Waals surface area contributed by atoms with Gasteiger partial charge in [-0.2, -0.15) is 0 Å². The summed E-state index contributed by atoms with van der Waals surface area (Å²) in [6.45, 7) is 0.0435. The van der Waals surface area contributed by atoms with Crippen molar-refractivity contribution >= 4 is 23.5 Å². The van der Waals surface area contributed by atoms with Gasteiger partial charge in [-0.05, 0) is 48.2 Å². The van der Waals surface area contributed by atoms with Crippen molar-refractivity contribution in [1.29, 1.82) is 0 Å². The molecule has 0 bridgehead atoms. The molecule has 2 fully saturated rings. The van der Waals surface area contributed by atoms with E-state index in [2.05, 4.69) is 10.6 Å². The van der Waals surface area contributed by atoms with Crippen molar-refractivity contribution in [3.05, 3.63) is 54.3 Å². The van der Waals surface area contributed by atoms with Crippen LogP contribution in [-0.4, -0.2) is 34.8 Å². The zero-order valence-corrected chi connectivity index (χ0v) is 15.9. The zero-order valence-electron chi connectivity index (χ0n) is 15.9. The summed E-state index contributed by atoms with van der Waals surface area (Å²) in [4.78, 5) is 38.3. The predicted octanol–water partition coefficient (Wildman–Crippen LogP) is 3.69. The van der Waals surface area contributed by atoms with Crippen LogP contribution in [-0.2, 0) is 9.59 Å². The molecule has 1 spiro atoms. The van der Waals surface area contributed by atoms with E-state index in [1.54, 1.807) is 30.3 Å². The number of amides is 4. The molecular weight excluding hydrogens is 373 g/mol. The van der Waals surface area contributed by atoms with E-state index in [1.807, 2.05) is 6.07 Å². The monoisotopic (exact) mass is 395 g/mol. The summed E-state index contributed by atoms with van der Waals surface area (Å²) in [6, 6.07) is 12.9. The lowest BCUT2D eigenvalue weighted by molar-refractivity contribution is -0.131. The molecule has 2 aromatic carbocycles. The first-order valence-corrected chi connectivity index (χ1v) is 9.77. The lowest BCUT2D eigenvalue weighted by Crippen LogP contribution is -2.44. The van der Waals surface area contributed by atoms with Crippen LogP contribution >= 0.6 is 0 Å². The minimum atomic E-state index is -0.757. The molecule has 2 aliphatic rings. The van der Waals surface area contributed by atoms with E-state index in [1.165, 1.54) is 12.1 Å². The SMILES string of the molecule is O=C(CCN1C(=O)NC2(CCCC2)C1=O)Nc1cccc(-c2cccc(F)c2)c1. The van der Waals surface area contributed by atoms with Crippen LogP contribution in [0.15, 0.2) is 48.5 Å². The normalized spacial score (nSPS) is 17.6. The summed E-state index contributed by atoms with van der Waals surface area (Å²) in [6.07, 6.45) is 3.17. The standard InChI is InChI=1S/C22H22FN3O3/c23-17-7-3-5-15(13-17)16-6-4-8-18(14-16)24-19(27)9-12-26-20(28)22(25-21(26)29)10-1-2-11-22/h3-8,13-14H,1-2,9-12H2,(H,24,27)(H,25,29). The van der Waals surface area contributed by atoms with Gasteiger partial charge in [0, 0.05) is 18.7 Å². The fraction of sp³-hybridized carbons (Fsp3) is 0.318. The lowest BCUT2D eigenvalue weighted by atomic mass is 9.98. The van der Waals surface area contributed by atoms with Gasteiger partial charge in [0.15, 0.2) is 0 Å². The van der Waals surface area contributed by atoms with Gasteiger partial charge in [-0.15, -0.1) is 0 Å². The average Bonchev–Trinajstić information content (AvgIpc) is 3.26. The maximum atomic E-state index is 13.5. The van der Waals surface area contributed by atoms with Gasteiger partial charge in [0.1, 0.15) is 11.4 Å². The molecule has 1 heterocycles. The van der Waals surface area contributed by atoms with Crippen molar-refractivity contribution in [3.63, 3.8) is 0 Å². The highest BCUT2D eigenvalue weighted by atomic mass is 19.1. The van der Waals surface area contributed by atoms with Crippen LogP contribution in [0.4, 0.5) is 14.9 Å². The molecule has 0 atom stereocenters. The molecule has 1 saturated heterocycles. The Morgan fingerprint density at radius 2 is 1.76 bits per heavy atom. The molecule has 0 radical (unpaired) electrons. The Morgan fingerprint density at radius 1 is 1.07 bits per heavy atom. The molecule has 0 aromatic heterocycles. The van der Waals surface area contributed by atoms with E-state index in [9.17, 15) is 18.8 Å². The smallest absolute Gasteiger partial charge is 0.325 e. The van der Waals surface area contributed by atoms with E-state index >= 15 is 0 Å². The van der Waals surface area contributed by atoms with Crippen molar-refractivity contribution in [2.24, 2.45) is 0 Å². The number of urea groups is 1. The van der Waals surface area contributed by atoms with Crippen molar-refractivity contribution in [2.45, 2.75) is 37.6 Å². The van der Waals surface area contributed by atoms with E-state index in [4.69, 9.17) is 0 Å². The number of halogens is 1. The number of carbonyl (C=O) groups is 3. The van der Waals surface area contributed by atoms with Gasteiger partial charge in [-0.3, -0.25) is 14.5 Å². The molecular formula is C22H22FN3O3. The number of hydrogen-bond donors (Lipinski definition) is 2. The first kappa shape index (κ1) is 19.1. The summed E-state index contributed by atoms with van der Waals surface area (Å²) in [5, 5.41) is 5.59. The number of benzene rings is 2. The van der Waals surface area contributed by atoms with Gasteiger partial charge in [-0.1, -0.05) is 37.1 Å². The van der Waals surface area contributed by atoms with Crippen LogP contribution in [0.2, 0.25) is 0 Å². The molecule has 1 aliphatic carbocycles. The summed E-state index contributed by atoms with van der Waals surface area (Å²) in [5.41, 5.74) is 1.30. The fourth-order valence-electron chi connectivity index (χ4n) is 4.08. The van der Waals surface area contributed by atoms with Crippen LogP contribution in [0.3, 0.4) is 0 Å². The second-order valence-corrected chi connectivity index (χ2v) is 7.57. The Hall–Kier alpha value is -3.22. The Morgan fingerprint density at radius 3 is 2.48 bits per heavy atom. The van der Waals surface area contributed by atoms with Gasteiger partial charge in [-0.25, -0.2) is 9.18 Å². The Kier molecular flexibility index (Phi) is 5.05. The molecule has 4 rings (SSSR count). The highest BCUT2D eigenvalue weighted by molar-refractivity contribution is 6.07. The van der Waals surface area contributed by atoms with E-state index < -0.39 is 11.6 Å². The Labute approximate surface area is 168 Å². The molecule has 150 valence electrons.